The number of nitrogens with zero attached hydrogens (tertiary/aromatic N) is 1. The largest absolute Gasteiger partial charge is 0.392 e. The van der Waals surface area contributed by atoms with Gasteiger partial charge in [-0.3, -0.25) is 4.98 Å². The molecule has 0 atom stereocenters. The molecule has 2 aromatic rings. The number of hydrogen-bond donors (Lipinski definition) is 1. The molecule has 2 rings (SSSR count). The van der Waals surface area contributed by atoms with Gasteiger partial charge < -0.3 is 5.11 Å². The van der Waals surface area contributed by atoms with Crippen LogP contribution in [0.5, 0.6) is 0 Å². The molecule has 0 aliphatic rings. The highest BCUT2D eigenvalue weighted by Crippen LogP contribution is 2.22. The molecule has 1 heterocycles. The van der Waals surface area contributed by atoms with Crippen molar-refractivity contribution in [3.63, 3.8) is 0 Å². The summed E-state index contributed by atoms with van der Waals surface area (Å²) in [4.78, 5) is 4.21. The second kappa shape index (κ2) is 3.44. The first kappa shape index (κ1) is 8.66. The van der Waals surface area contributed by atoms with Crippen LogP contribution >= 0.6 is 15.9 Å². The van der Waals surface area contributed by atoms with E-state index in [2.05, 4.69) is 20.9 Å². The highest BCUT2D eigenvalue weighted by Gasteiger charge is 2.01. The Hall–Kier alpha value is -0.930. The summed E-state index contributed by atoms with van der Waals surface area (Å²) in [5, 5.41) is 10.1. The fourth-order valence-electron chi connectivity index (χ4n) is 1.35. The lowest BCUT2D eigenvalue weighted by atomic mass is 10.1. The number of aliphatic hydroxyl groups is 1. The third-order valence-corrected chi connectivity index (χ3v) is 2.38. The molecule has 0 spiro atoms. The third-order valence-electron chi connectivity index (χ3n) is 1.92. The quantitative estimate of drug-likeness (QED) is 0.827. The third kappa shape index (κ3) is 1.57. The van der Waals surface area contributed by atoms with Gasteiger partial charge in [0.25, 0.3) is 0 Å². The number of aliphatic hydroxyl groups excluding tert-OH is 1. The van der Waals surface area contributed by atoms with Crippen LogP contribution in [0.4, 0.5) is 0 Å². The zero-order valence-corrected chi connectivity index (χ0v) is 8.45. The van der Waals surface area contributed by atoms with E-state index < -0.39 is 0 Å². The minimum atomic E-state index is 0.0208. The van der Waals surface area contributed by atoms with E-state index in [1.807, 2.05) is 24.3 Å². The maximum absolute atomic E-state index is 9.10. The van der Waals surface area contributed by atoms with Gasteiger partial charge in [-0.2, -0.15) is 0 Å². The molecule has 1 aromatic heterocycles. The first-order chi connectivity index (χ1) is 6.31. The number of aromatic nitrogens is 1. The Labute approximate surface area is 84.4 Å². The number of hydrogen-bond acceptors (Lipinski definition) is 2. The maximum Gasteiger partial charge on any atom is 0.0757 e. The highest BCUT2D eigenvalue weighted by atomic mass is 79.9. The standard InChI is InChI=1S/C10H8BrNO/c11-9-4-7-2-1-3-12-10(7)8(5-9)6-13/h1-5,13H,6H2. The molecule has 13 heavy (non-hydrogen) atoms. The van der Waals surface area contributed by atoms with Crippen molar-refractivity contribution in [3.05, 3.63) is 40.5 Å². The van der Waals surface area contributed by atoms with Crippen molar-refractivity contribution < 1.29 is 5.11 Å². The Kier molecular flexibility index (Phi) is 2.29. The van der Waals surface area contributed by atoms with Gasteiger partial charge in [0.05, 0.1) is 12.1 Å². The van der Waals surface area contributed by atoms with Crippen LogP contribution in [0.15, 0.2) is 34.9 Å². The predicted octanol–water partition coefficient (Wildman–Crippen LogP) is 2.49. The molecular formula is C10H8BrNO. The van der Waals surface area contributed by atoms with Gasteiger partial charge in [0.15, 0.2) is 0 Å². The van der Waals surface area contributed by atoms with Crippen LogP contribution in [0.2, 0.25) is 0 Å². The molecule has 0 fully saturated rings. The van der Waals surface area contributed by atoms with Crippen LogP contribution in [0.1, 0.15) is 5.56 Å². The maximum atomic E-state index is 9.10. The highest BCUT2D eigenvalue weighted by molar-refractivity contribution is 9.10. The minimum Gasteiger partial charge on any atom is -0.392 e. The molecule has 0 saturated heterocycles. The minimum absolute atomic E-state index is 0.0208. The lowest BCUT2D eigenvalue weighted by Crippen LogP contribution is -1.88. The number of fused-ring (bicyclic) bond motifs is 1. The van der Waals surface area contributed by atoms with E-state index in [0.717, 1.165) is 20.9 Å². The van der Waals surface area contributed by atoms with Gasteiger partial charge in [0.1, 0.15) is 0 Å². The number of halogens is 1. The van der Waals surface area contributed by atoms with Crippen LogP contribution in [0.3, 0.4) is 0 Å². The van der Waals surface area contributed by atoms with E-state index in [9.17, 15) is 0 Å². The molecule has 0 aliphatic carbocycles. The normalized spacial score (nSPS) is 10.6. The lowest BCUT2D eigenvalue weighted by molar-refractivity contribution is 0.283. The van der Waals surface area contributed by atoms with E-state index in [1.165, 1.54) is 0 Å². The molecule has 0 saturated carbocycles. The van der Waals surface area contributed by atoms with Gasteiger partial charge in [0, 0.05) is 21.6 Å². The summed E-state index contributed by atoms with van der Waals surface area (Å²) in [5.74, 6) is 0. The summed E-state index contributed by atoms with van der Waals surface area (Å²) < 4.78 is 0.969. The second-order valence-corrected chi connectivity index (χ2v) is 3.71. The van der Waals surface area contributed by atoms with Crippen molar-refractivity contribution in [2.24, 2.45) is 0 Å². The van der Waals surface area contributed by atoms with Gasteiger partial charge in [-0.05, 0) is 18.2 Å². The summed E-state index contributed by atoms with van der Waals surface area (Å²) in [6, 6.07) is 7.74. The smallest absolute Gasteiger partial charge is 0.0757 e. The SMILES string of the molecule is OCc1cc(Br)cc2cccnc12. The fraction of sp³-hybridized carbons (Fsp3) is 0.100. The van der Waals surface area contributed by atoms with Gasteiger partial charge in [-0.25, -0.2) is 0 Å². The molecule has 1 N–H and O–H groups in total. The van der Waals surface area contributed by atoms with Crippen LogP contribution in [-0.2, 0) is 6.61 Å². The van der Waals surface area contributed by atoms with Crippen molar-refractivity contribution in [2.75, 3.05) is 0 Å². The van der Waals surface area contributed by atoms with Crippen LogP contribution in [0.25, 0.3) is 10.9 Å². The molecule has 0 unspecified atom stereocenters. The number of rotatable bonds is 1. The summed E-state index contributed by atoms with van der Waals surface area (Å²) in [6.07, 6.45) is 1.73. The Morgan fingerprint density at radius 1 is 1.38 bits per heavy atom. The zero-order valence-electron chi connectivity index (χ0n) is 6.87. The second-order valence-electron chi connectivity index (χ2n) is 2.80. The Morgan fingerprint density at radius 3 is 3.00 bits per heavy atom. The van der Waals surface area contributed by atoms with E-state index in [1.54, 1.807) is 6.20 Å². The predicted molar refractivity (Wildman–Crippen MR) is 55.4 cm³/mol. The monoisotopic (exact) mass is 237 g/mol. The first-order valence-corrected chi connectivity index (χ1v) is 4.74. The van der Waals surface area contributed by atoms with Crippen molar-refractivity contribution >= 4 is 26.8 Å². The Balaban J connectivity index is 2.81. The fourth-order valence-corrected chi connectivity index (χ4v) is 1.87. The summed E-state index contributed by atoms with van der Waals surface area (Å²) in [6.45, 7) is 0.0208. The lowest BCUT2D eigenvalue weighted by Gasteiger charge is -2.03. The average Bonchev–Trinajstić information content (AvgIpc) is 2.16. The topological polar surface area (TPSA) is 33.1 Å². The molecule has 2 nitrogen and oxygen atoms in total. The Morgan fingerprint density at radius 2 is 2.23 bits per heavy atom. The number of benzene rings is 1. The first-order valence-electron chi connectivity index (χ1n) is 3.95. The van der Waals surface area contributed by atoms with Crippen molar-refractivity contribution in [2.45, 2.75) is 6.61 Å². The molecule has 0 radical (unpaired) electrons. The van der Waals surface area contributed by atoms with E-state index in [0.29, 0.717) is 0 Å². The van der Waals surface area contributed by atoms with Gasteiger partial charge in [-0.1, -0.05) is 22.0 Å². The molecule has 0 aliphatic heterocycles. The van der Waals surface area contributed by atoms with Crippen LogP contribution < -0.4 is 0 Å². The zero-order chi connectivity index (χ0) is 9.26. The van der Waals surface area contributed by atoms with Gasteiger partial charge in [0.2, 0.25) is 0 Å². The van der Waals surface area contributed by atoms with Gasteiger partial charge in [-0.15, -0.1) is 0 Å². The van der Waals surface area contributed by atoms with Gasteiger partial charge >= 0.3 is 0 Å². The molecule has 0 bridgehead atoms. The summed E-state index contributed by atoms with van der Waals surface area (Å²) in [5.41, 5.74) is 1.72. The van der Waals surface area contributed by atoms with Crippen molar-refractivity contribution in [1.82, 2.24) is 4.98 Å². The van der Waals surface area contributed by atoms with Crippen LogP contribution in [0, 0.1) is 0 Å². The van der Waals surface area contributed by atoms with E-state index in [-0.39, 0.29) is 6.61 Å². The van der Waals surface area contributed by atoms with Crippen molar-refractivity contribution in [1.29, 1.82) is 0 Å². The molecule has 3 heteroatoms. The molecular weight excluding hydrogens is 230 g/mol. The summed E-state index contributed by atoms with van der Waals surface area (Å²) >= 11 is 3.39. The van der Waals surface area contributed by atoms with E-state index in [4.69, 9.17) is 5.11 Å². The molecule has 66 valence electrons. The molecule has 1 aromatic carbocycles. The Bertz CT molecular complexity index is 442. The van der Waals surface area contributed by atoms with Crippen molar-refractivity contribution in [3.8, 4) is 0 Å². The molecule has 0 amide bonds. The van der Waals surface area contributed by atoms with Crippen LogP contribution in [-0.4, -0.2) is 10.1 Å². The summed E-state index contributed by atoms with van der Waals surface area (Å²) in [7, 11) is 0. The average molecular weight is 238 g/mol. The number of pyridine rings is 1. The van der Waals surface area contributed by atoms with E-state index >= 15 is 0 Å².